The van der Waals surface area contributed by atoms with Gasteiger partial charge in [-0.2, -0.15) is 0 Å². The van der Waals surface area contributed by atoms with Crippen LogP contribution in [0.5, 0.6) is 0 Å². The Kier molecular flexibility index (Phi) is 2.39. The van der Waals surface area contributed by atoms with E-state index in [2.05, 4.69) is 28.3 Å². The summed E-state index contributed by atoms with van der Waals surface area (Å²) in [5.74, 6) is 0.841. The molecule has 2 aromatic rings. The van der Waals surface area contributed by atoms with Crippen molar-refractivity contribution in [1.29, 1.82) is 0 Å². The number of imidazole rings is 1. The van der Waals surface area contributed by atoms with Crippen molar-refractivity contribution in [1.82, 2.24) is 9.97 Å². The number of H-pyrrole nitrogens is 1. The lowest BCUT2D eigenvalue weighted by Gasteiger charge is -1.98. The van der Waals surface area contributed by atoms with Crippen molar-refractivity contribution in [2.75, 3.05) is 0 Å². The molecule has 0 bridgehead atoms. The Morgan fingerprint density at radius 1 is 1.57 bits per heavy atom. The predicted octanol–water partition coefficient (Wildman–Crippen LogP) is 2.47. The first-order valence-corrected chi connectivity index (χ1v) is 5.41. The highest BCUT2D eigenvalue weighted by atomic mass is 32.1. The average Bonchev–Trinajstić information content (AvgIpc) is 2.71. The van der Waals surface area contributed by atoms with Crippen molar-refractivity contribution in [3.05, 3.63) is 29.0 Å². The molecule has 2 aromatic heterocycles. The molecule has 1 atom stereocenters. The topological polar surface area (TPSA) is 54.7 Å². The van der Waals surface area contributed by atoms with E-state index in [0.717, 1.165) is 11.5 Å². The van der Waals surface area contributed by atoms with Crippen LogP contribution in [0.3, 0.4) is 0 Å². The zero-order valence-corrected chi connectivity index (χ0v) is 9.06. The number of hydrogen-bond donors (Lipinski definition) is 2. The lowest BCUT2D eigenvalue weighted by atomic mass is 10.2. The normalized spacial score (nSPS) is 13.1. The summed E-state index contributed by atoms with van der Waals surface area (Å²) in [6, 6.07) is 2.07. The maximum absolute atomic E-state index is 5.73. The molecule has 0 saturated heterocycles. The second-order valence-corrected chi connectivity index (χ2v) is 4.32. The first-order valence-electron chi connectivity index (χ1n) is 4.53. The molecule has 2 heterocycles. The third-order valence-corrected chi connectivity index (χ3v) is 3.18. The fourth-order valence-electron chi connectivity index (χ4n) is 1.33. The van der Waals surface area contributed by atoms with Gasteiger partial charge in [-0.3, -0.25) is 0 Å². The van der Waals surface area contributed by atoms with Crippen molar-refractivity contribution < 1.29 is 0 Å². The van der Waals surface area contributed by atoms with E-state index >= 15 is 0 Å². The Balaban J connectivity index is 2.39. The molecule has 0 aliphatic heterocycles. The fraction of sp³-hybridized carbons (Fsp3) is 0.300. The van der Waals surface area contributed by atoms with Crippen LogP contribution in [0.1, 0.15) is 24.4 Å². The minimum absolute atomic E-state index is 0.0379. The highest BCUT2D eigenvalue weighted by molar-refractivity contribution is 7.13. The average molecular weight is 207 g/mol. The van der Waals surface area contributed by atoms with E-state index in [-0.39, 0.29) is 6.04 Å². The number of rotatable bonds is 2. The Morgan fingerprint density at radius 2 is 2.36 bits per heavy atom. The van der Waals surface area contributed by atoms with Crippen LogP contribution < -0.4 is 5.73 Å². The second kappa shape index (κ2) is 3.55. The smallest absolute Gasteiger partial charge is 0.123 e. The molecule has 0 amide bonds. The summed E-state index contributed by atoms with van der Waals surface area (Å²) < 4.78 is 0. The van der Waals surface area contributed by atoms with Gasteiger partial charge < -0.3 is 10.7 Å². The van der Waals surface area contributed by atoms with Gasteiger partial charge in [-0.05, 0) is 30.9 Å². The summed E-state index contributed by atoms with van der Waals surface area (Å²) in [7, 11) is 0. The number of nitrogens with two attached hydrogens (primary N) is 1. The van der Waals surface area contributed by atoms with Gasteiger partial charge in [0.25, 0.3) is 0 Å². The van der Waals surface area contributed by atoms with Gasteiger partial charge in [-0.25, -0.2) is 4.98 Å². The molecule has 0 saturated carbocycles. The molecule has 0 aliphatic carbocycles. The first-order chi connectivity index (χ1) is 6.68. The summed E-state index contributed by atoms with van der Waals surface area (Å²) in [4.78, 5) is 8.71. The lowest BCUT2D eigenvalue weighted by molar-refractivity contribution is 0.756. The number of nitrogens with one attached hydrogen (secondary N) is 1. The maximum Gasteiger partial charge on any atom is 0.123 e. The molecule has 0 fully saturated rings. The zero-order valence-electron chi connectivity index (χ0n) is 8.24. The monoisotopic (exact) mass is 207 g/mol. The van der Waals surface area contributed by atoms with Crippen molar-refractivity contribution >= 4 is 11.3 Å². The van der Waals surface area contributed by atoms with Gasteiger partial charge in [0.1, 0.15) is 5.82 Å². The zero-order chi connectivity index (χ0) is 10.1. The lowest BCUT2D eigenvalue weighted by Crippen LogP contribution is -2.06. The summed E-state index contributed by atoms with van der Waals surface area (Å²) >= 11 is 1.72. The highest BCUT2D eigenvalue weighted by Gasteiger charge is 2.08. The molecule has 3 nitrogen and oxygen atoms in total. The van der Waals surface area contributed by atoms with E-state index in [1.165, 1.54) is 10.4 Å². The second-order valence-electron chi connectivity index (χ2n) is 3.40. The standard InChI is InChI=1S/C10H13N3S/c1-6-3-4-14-9(6)8-5-12-10(13-8)7(2)11/h3-5,7H,11H2,1-2H3,(H,12,13). The number of nitrogens with zero attached hydrogens (tertiary/aromatic N) is 1. The fourth-order valence-corrected chi connectivity index (χ4v) is 2.22. The van der Waals surface area contributed by atoms with Gasteiger partial charge in [0.2, 0.25) is 0 Å². The van der Waals surface area contributed by atoms with Gasteiger partial charge in [-0.15, -0.1) is 11.3 Å². The third-order valence-electron chi connectivity index (χ3n) is 2.13. The van der Waals surface area contributed by atoms with Crippen molar-refractivity contribution in [2.24, 2.45) is 5.73 Å². The molecule has 0 aromatic carbocycles. The van der Waals surface area contributed by atoms with Crippen LogP contribution >= 0.6 is 11.3 Å². The molecule has 0 aliphatic rings. The Hall–Kier alpha value is -1.13. The molecule has 0 radical (unpaired) electrons. The van der Waals surface area contributed by atoms with Gasteiger partial charge in [0.05, 0.1) is 22.8 Å². The molecule has 2 rings (SSSR count). The molecule has 74 valence electrons. The largest absolute Gasteiger partial charge is 0.340 e. The third kappa shape index (κ3) is 1.58. The molecule has 0 spiro atoms. The molecular weight excluding hydrogens is 194 g/mol. The number of aromatic amines is 1. The molecular formula is C10H13N3S. The summed E-state index contributed by atoms with van der Waals surface area (Å²) in [6.07, 6.45) is 1.84. The van der Waals surface area contributed by atoms with Crippen LogP contribution in [-0.2, 0) is 0 Å². The van der Waals surface area contributed by atoms with E-state index in [4.69, 9.17) is 5.73 Å². The quantitative estimate of drug-likeness (QED) is 0.794. The SMILES string of the molecule is Cc1ccsc1-c1cnc(C(C)N)[nH]1. The molecule has 3 N–H and O–H groups in total. The Bertz CT molecular complexity index is 428. The summed E-state index contributed by atoms with van der Waals surface area (Å²) in [5, 5.41) is 2.08. The van der Waals surface area contributed by atoms with Crippen molar-refractivity contribution in [3.63, 3.8) is 0 Å². The van der Waals surface area contributed by atoms with Gasteiger partial charge in [-0.1, -0.05) is 0 Å². The minimum atomic E-state index is -0.0379. The number of thiophene rings is 1. The van der Waals surface area contributed by atoms with Crippen LogP contribution in [0.15, 0.2) is 17.6 Å². The number of hydrogen-bond acceptors (Lipinski definition) is 3. The van der Waals surface area contributed by atoms with E-state index in [1.807, 2.05) is 13.1 Å². The molecule has 4 heteroatoms. The minimum Gasteiger partial charge on any atom is -0.340 e. The maximum atomic E-state index is 5.73. The van der Waals surface area contributed by atoms with E-state index < -0.39 is 0 Å². The Labute approximate surface area is 87.0 Å². The van der Waals surface area contributed by atoms with Gasteiger partial charge in [0, 0.05) is 0 Å². The summed E-state index contributed by atoms with van der Waals surface area (Å²) in [5.41, 5.74) is 8.06. The Morgan fingerprint density at radius 3 is 2.86 bits per heavy atom. The number of aromatic nitrogens is 2. The van der Waals surface area contributed by atoms with Crippen LogP contribution in [0.25, 0.3) is 10.6 Å². The van der Waals surface area contributed by atoms with Gasteiger partial charge >= 0.3 is 0 Å². The first kappa shape index (κ1) is 9.43. The molecule has 14 heavy (non-hydrogen) atoms. The van der Waals surface area contributed by atoms with Gasteiger partial charge in [0.15, 0.2) is 0 Å². The van der Waals surface area contributed by atoms with Crippen LogP contribution in [0.2, 0.25) is 0 Å². The van der Waals surface area contributed by atoms with Crippen molar-refractivity contribution in [2.45, 2.75) is 19.9 Å². The summed E-state index contributed by atoms with van der Waals surface area (Å²) in [6.45, 7) is 4.02. The molecule has 1 unspecified atom stereocenters. The number of aryl methyl sites for hydroxylation is 1. The highest BCUT2D eigenvalue weighted by Crippen LogP contribution is 2.27. The van der Waals surface area contributed by atoms with E-state index in [1.54, 1.807) is 11.3 Å². The van der Waals surface area contributed by atoms with Crippen LogP contribution in [0.4, 0.5) is 0 Å². The van der Waals surface area contributed by atoms with Crippen molar-refractivity contribution in [3.8, 4) is 10.6 Å². The van der Waals surface area contributed by atoms with E-state index in [9.17, 15) is 0 Å². The van der Waals surface area contributed by atoms with Crippen LogP contribution in [-0.4, -0.2) is 9.97 Å². The predicted molar refractivity (Wildman–Crippen MR) is 59.2 cm³/mol. The van der Waals surface area contributed by atoms with Crippen LogP contribution in [0, 0.1) is 6.92 Å². The van der Waals surface area contributed by atoms with E-state index in [0.29, 0.717) is 0 Å².